The number of hydrogen-bond acceptors (Lipinski definition) is 4. The third kappa shape index (κ3) is 4.66. The molecule has 0 fully saturated rings. The summed E-state index contributed by atoms with van der Waals surface area (Å²) in [6.07, 6.45) is 8.45. The first-order valence-corrected chi connectivity index (χ1v) is 11.3. The van der Waals surface area contributed by atoms with Crippen molar-refractivity contribution in [2.24, 2.45) is 13.0 Å². The summed E-state index contributed by atoms with van der Waals surface area (Å²) < 4.78 is 3.78. The lowest BCUT2D eigenvalue weighted by Gasteiger charge is -2.24. The van der Waals surface area contributed by atoms with Crippen molar-refractivity contribution in [1.29, 1.82) is 0 Å². The number of aromatic nitrogens is 4. The highest BCUT2D eigenvalue weighted by Crippen LogP contribution is 2.25. The SMILES string of the molecule is Cc1nn(CC(=O)C[C@@H](Cc2cncn2C)C(=O)N(C)c2ccccc2)c2c1CCCC2. The fourth-order valence-electron chi connectivity index (χ4n) is 4.64. The van der Waals surface area contributed by atoms with Gasteiger partial charge in [0, 0.05) is 50.2 Å². The lowest BCUT2D eigenvalue weighted by Crippen LogP contribution is -2.36. The summed E-state index contributed by atoms with van der Waals surface area (Å²) >= 11 is 0. The molecule has 0 saturated carbocycles. The second-order valence-corrected chi connectivity index (χ2v) is 8.75. The normalized spacial score (nSPS) is 14.1. The van der Waals surface area contributed by atoms with Gasteiger partial charge in [-0.1, -0.05) is 18.2 Å². The summed E-state index contributed by atoms with van der Waals surface area (Å²) in [6.45, 7) is 2.25. The molecule has 0 N–H and O–H groups in total. The molecule has 7 heteroatoms. The first-order chi connectivity index (χ1) is 15.4. The molecule has 1 amide bonds. The molecule has 2 heterocycles. The van der Waals surface area contributed by atoms with E-state index in [1.54, 1.807) is 24.5 Å². The molecule has 0 unspecified atom stereocenters. The molecule has 1 aliphatic rings. The zero-order chi connectivity index (χ0) is 22.7. The number of nitrogens with zero attached hydrogens (tertiary/aromatic N) is 5. The van der Waals surface area contributed by atoms with Gasteiger partial charge in [-0.25, -0.2) is 4.98 Å². The quantitative estimate of drug-likeness (QED) is 0.546. The first-order valence-electron chi connectivity index (χ1n) is 11.3. The Morgan fingerprint density at radius 2 is 1.91 bits per heavy atom. The Bertz CT molecular complexity index is 1100. The standard InChI is InChI=1S/C25H31N5O2/c1-18-23-11-7-8-12-24(23)30(27-18)16-22(31)14-19(13-21-15-26-17-28(21)2)25(32)29(3)20-9-5-4-6-10-20/h4-6,9-10,15,17,19H,7-8,11-14,16H2,1-3H3/t19-/m1/s1. The van der Waals surface area contributed by atoms with Crippen LogP contribution in [0.5, 0.6) is 0 Å². The number of imidazole rings is 1. The molecular weight excluding hydrogens is 402 g/mol. The number of aryl methyl sites for hydroxylation is 2. The minimum Gasteiger partial charge on any atom is -0.338 e. The number of carbonyl (C=O) groups is 2. The monoisotopic (exact) mass is 433 g/mol. The van der Waals surface area contributed by atoms with Gasteiger partial charge in [-0.05, 0) is 50.3 Å². The van der Waals surface area contributed by atoms with Crippen LogP contribution in [-0.2, 0) is 42.4 Å². The van der Waals surface area contributed by atoms with E-state index >= 15 is 0 Å². The highest BCUT2D eigenvalue weighted by Gasteiger charge is 2.28. The molecule has 1 aromatic carbocycles. The van der Waals surface area contributed by atoms with E-state index < -0.39 is 5.92 Å². The molecule has 7 nitrogen and oxygen atoms in total. The number of fused-ring (bicyclic) bond motifs is 1. The number of hydrogen-bond donors (Lipinski definition) is 0. The second kappa shape index (κ2) is 9.51. The zero-order valence-electron chi connectivity index (χ0n) is 19.1. The number of Topliss-reactive ketones (excluding diaryl/α,β-unsaturated/α-hetero) is 1. The van der Waals surface area contributed by atoms with Crippen LogP contribution in [0.4, 0.5) is 5.69 Å². The Balaban J connectivity index is 1.53. The number of anilines is 1. The molecule has 0 aliphatic heterocycles. The van der Waals surface area contributed by atoms with Gasteiger partial charge in [0.15, 0.2) is 5.78 Å². The van der Waals surface area contributed by atoms with E-state index in [2.05, 4.69) is 10.1 Å². The predicted octanol–water partition coefficient (Wildman–Crippen LogP) is 3.28. The van der Waals surface area contributed by atoms with E-state index in [1.807, 2.05) is 53.6 Å². The Morgan fingerprint density at radius 1 is 1.16 bits per heavy atom. The van der Waals surface area contributed by atoms with Crippen molar-refractivity contribution in [2.75, 3.05) is 11.9 Å². The highest BCUT2D eigenvalue weighted by atomic mass is 16.2. The van der Waals surface area contributed by atoms with Gasteiger partial charge in [-0.3, -0.25) is 14.3 Å². The molecule has 4 rings (SSSR count). The molecular formula is C25H31N5O2. The van der Waals surface area contributed by atoms with Gasteiger partial charge in [-0.15, -0.1) is 0 Å². The third-order valence-electron chi connectivity index (χ3n) is 6.45. The zero-order valence-corrected chi connectivity index (χ0v) is 19.1. The lowest BCUT2D eigenvalue weighted by molar-refractivity contribution is -0.128. The van der Waals surface area contributed by atoms with Crippen LogP contribution in [0, 0.1) is 12.8 Å². The molecule has 0 saturated heterocycles. The number of rotatable bonds is 8. The molecule has 3 aromatic rings. The maximum absolute atomic E-state index is 13.4. The van der Waals surface area contributed by atoms with Crippen LogP contribution in [0.2, 0.25) is 0 Å². The van der Waals surface area contributed by atoms with Gasteiger partial charge in [0.1, 0.15) is 0 Å². The van der Waals surface area contributed by atoms with E-state index in [4.69, 9.17) is 0 Å². The molecule has 0 radical (unpaired) electrons. The molecule has 1 atom stereocenters. The maximum Gasteiger partial charge on any atom is 0.230 e. The summed E-state index contributed by atoms with van der Waals surface area (Å²) in [4.78, 5) is 32.4. The molecule has 168 valence electrons. The van der Waals surface area contributed by atoms with Crippen LogP contribution in [0.15, 0.2) is 42.9 Å². The van der Waals surface area contributed by atoms with E-state index in [0.717, 1.165) is 36.3 Å². The van der Waals surface area contributed by atoms with Gasteiger partial charge in [0.25, 0.3) is 0 Å². The summed E-state index contributed by atoms with van der Waals surface area (Å²) in [6, 6.07) is 9.54. The summed E-state index contributed by atoms with van der Waals surface area (Å²) in [5, 5.41) is 4.64. The fraction of sp³-hybridized carbons (Fsp3) is 0.440. The van der Waals surface area contributed by atoms with Gasteiger partial charge < -0.3 is 9.47 Å². The van der Waals surface area contributed by atoms with Crippen LogP contribution in [0.25, 0.3) is 0 Å². The van der Waals surface area contributed by atoms with Crippen molar-refractivity contribution in [2.45, 2.75) is 52.0 Å². The minimum atomic E-state index is -0.462. The van der Waals surface area contributed by atoms with Gasteiger partial charge in [0.05, 0.1) is 24.5 Å². The van der Waals surface area contributed by atoms with E-state index in [-0.39, 0.29) is 24.7 Å². The average Bonchev–Trinajstić information content (AvgIpc) is 3.35. The molecule has 32 heavy (non-hydrogen) atoms. The van der Waals surface area contributed by atoms with E-state index in [9.17, 15) is 9.59 Å². The van der Waals surface area contributed by atoms with Crippen LogP contribution in [0.3, 0.4) is 0 Å². The average molecular weight is 434 g/mol. The van der Waals surface area contributed by atoms with Crippen LogP contribution in [0.1, 0.15) is 41.9 Å². The number of benzene rings is 1. The first kappa shape index (κ1) is 22.0. The molecule has 0 bridgehead atoms. The minimum absolute atomic E-state index is 0.0304. The van der Waals surface area contributed by atoms with Crippen LogP contribution in [-0.4, -0.2) is 38.1 Å². The molecule has 0 spiro atoms. The fourth-order valence-corrected chi connectivity index (χ4v) is 4.64. The third-order valence-corrected chi connectivity index (χ3v) is 6.45. The van der Waals surface area contributed by atoms with Crippen molar-refractivity contribution < 1.29 is 9.59 Å². The van der Waals surface area contributed by atoms with Crippen molar-refractivity contribution in [3.05, 3.63) is 65.5 Å². The Hall–Kier alpha value is -3.22. The lowest BCUT2D eigenvalue weighted by atomic mass is 9.94. The summed E-state index contributed by atoms with van der Waals surface area (Å²) in [5.41, 5.74) is 5.27. The molecule has 1 aliphatic carbocycles. The van der Waals surface area contributed by atoms with Crippen LogP contribution < -0.4 is 4.90 Å². The maximum atomic E-state index is 13.4. The van der Waals surface area contributed by atoms with E-state index in [0.29, 0.717) is 6.42 Å². The summed E-state index contributed by atoms with van der Waals surface area (Å²) in [5.74, 6) is -0.497. The highest BCUT2D eigenvalue weighted by molar-refractivity contribution is 5.97. The van der Waals surface area contributed by atoms with Gasteiger partial charge >= 0.3 is 0 Å². The predicted molar refractivity (Wildman–Crippen MR) is 123 cm³/mol. The number of para-hydroxylation sites is 1. The van der Waals surface area contributed by atoms with Crippen molar-refractivity contribution in [3.63, 3.8) is 0 Å². The Labute approximate surface area is 189 Å². The topological polar surface area (TPSA) is 73.0 Å². The van der Waals surface area contributed by atoms with Crippen molar-refractivity contribution in [3.8, 4) is 0 Å². The van der Waals surface area contributed by atoms with Gasteiger partial charge in [0.2, 0.25) is 5.91 Å². The van der Waals surface area contributed by atoms with Crippen LogP contribution >= 0.6 is 0 Å². The molecule has 2 aromatic heterocycles. The summed E-state index contributed by atoms with van der Waals surface area (Å²) in [7, 11) is 3.68. The Kier molecular flexibility index (Phi) is 6.53. The number of carbonyl (C=O) groups excluding carboxylic acids is 2. The van der Waals surface area contributed by atoms with E-state index in [1.165, 1.54) is 17.7 Å². The van der Waals surface area contributed by atoms with Gasteiger partial charge in [-0.2, -0.15) is 5.10 Å². The number of amides is 1. The van der Waals surface area contributed by atoms with Crippen molar-refractivity contribution in [1.82, 2.24) is 19.3 Å². The van der Waals surface area contributed by atoms with Crippen molar-refractivity contribution >= 4 is 17.4 Å². The largest absolute Gasteiger partial charge is 0.338 e. The smallest absolute Gasteiger partial charge is 0.230 e. The number of ketones is 1. The Morgan fingerprint density at radius 3 is 2.62 bits per heavy atom. The second-order valence-electron chi connectivity index (χ2n) is 8.75.